The summed E-state index contributed by atoms with van der Waals surface area (Å²) in [5, 5.41) is 0. The van der Waals surface area contributed by atoms with Crippen LogP contribution in [0.3, 0.4) is 0 Å². The highest BCUT2D eigenvalue weighted by atomic mass is 16.6. The first-order valence-electron chi connectivity index (χ1n) is 13.7. The van der Waals surface area contributed by atoms with Crippen molar-refractivity contribution < 1.29 is 19.1 Å². The molecule has 1 aromatic carbocycles. The molecule has 0 spiro atoms. The largest absolute Gasteiger partial charge is 0.497 e. The van der Waals surface area contributed by atoms with Crippen LogP contribution in [0.5, 0.6) is 5.75 Å². The van der Waals surface area contributed by atoms with Crippen molar-refractivity contribution in [3.05, 3.63) is 29.8 Å². The van der Waals surface area contributed by atoms with Gasteiger partial charge in [-0.3, -0.25) is 4.79 Å². The molecule has 1 aromatic rings. The summed E-state index contributed by atoms with van der Waals surface area (Å²) in [4.78, 5) is 29.1. The van der Waals surface area contributed by atoms with Gasteiger partial charge in [0, 0.05) is 6.54 Å². The monoisotopic (exact) mass is 467 g/mol. The van der Waals surface area contributed by atoms with E-state index in [4.69, 9.17) is 9.47 Å². The zero-order valence-corrected chi connectivity index (χ0v) is 21.0. The molecule has 2 heterocycles. The van der Waals surface area contributed by atoms with Crippen LogP contribution in [0.15, 0.2) is 24.3 Å². The van der Waals surface area contributed by atoms with Gasteiger partial charge in [0.15, 0.2) is 11.1 Å². The number of carbonyl (C=O) groups is 2. The fourth-order valence-electron chi connectivity index (χ4n) is 7.41. The molecule has 2 saturated carbocycles. The van der Waals surface area contributed by atoms with E-state index in [-0.39, 0.29) is 17.8 Å². The Labute approximate surface area is 204 Å². The molecule has 2 saturated heterocycles. The summed E-state index contributed by atoms with van der Waals surface area (Å²) in [5.74, 6) is 1.76. The maximum atomic E-state index is 14.0. The lowest BCUT2D eigenvalue weighted by Gasteiger charge is -2.55. The third-order valence-electron chi connectivity index (χ3n) is 9.61. The van der Waals surface area contributed by atoms with Crippen LogP contribution in [0.1, 0.15) is 96.0 Å². The molecule has 2 aliphatic heterocycles. The smallest absolute Gasteiger partial charge is 0.336 e. The van der Waals surface area contributed by atoms with E-state index in [0.717, 1.165) is 30.6 Å². The van der Waals surface area contributed by atoms with E-state index in [1.165, 1.54) is 64.2 Å². The van der Waals surface area contributed by atoms with Crippen LogP contribution < -0.4 is 4.74 Å². The Morgan fingerprint density at radius 3 is 2.15 bits per heavy atom. The molecule has 34 heavy (non-hydrogen) atoms. The Hall–Kier alpha value is -2.04. The van der Waals surface area contributed by atoms with Gasteiger partial charge in [-0.15, -0.1) is 0 Å². The molecule has 5 rings (SSSR count). The Morgan fingerprint density at radius 1 is 0.941 bits per heavy atom. The highest BCUT2D eigenvalue weighted by Crippen LogP contribution is 2.59. The third kappa shape index (κ3) is 3.93. The minimum Gasteiger partial charge on any atom is -0.497 e. The lowest BCUT2D eigenvalue weighted by atomic mass is 9.64. The summed E-state index contributed by atoms with van der Waals surface area (Å²) >= 11 is 0. The topological polar surface area (TPSA) is 55.8 Å². The number of fused-ring (bicyclic) bond motifs is 1. The van der Waals surface area contributed by atoms with Crippen molar-refractivity contribution in [1.82, 2.24) is 4.90 Å². The molecule has 5 nitrogen and oxygen atoms in total. The van der Waals surface area contributed by atoms with Gasteiger partial charge in [0.05, 0.1) is 13.0 Å². The molecule has 186 valence electrons. The zero-order chi connectivity index (χ0) is 23.8. The number of benzene rings is 1. The number of carbonyl (C=O) groups excluding carboxylic acids is 2. The van der Waals surface area contributed by atoms with Gasteiger partial charge in [0.2, 0.25) is 5.91 Å². The van der Waals surface area contributed by atoms with Gasteiger partial charge in [0.1, 0.15) is 5.75 Å². The molecular weight excluding hydrogens is 426 g/mol. The summed E-state index contributed by atoms with van der Waals surface area (Å²) in [7, 11) is 1.65. The molecule has 0 aromatic heterocycles. The van der Waals surface area contributed by atoms with E-state index in [1.54, 1.807) is 7.11 Å². The van der Waals surface area contributed by atoms with E-state index in [9.17, 15) is 9.59 Å². The number of hydrogen-bond acceptors (Lipinski definition) is 4. The summed E-state index contributed by atoms with van der Waals surface area (Å²) in [6, 6.07) is 7.84. The second kappa shape index (κ2) is 9.54. The first-order chi connectivity index (χ1) is 16.5. The second-order valence-electron chi connectivity index (χ2n) is 11.5. The summed E-state index contributed by atoms with van der Waals surface area (Å²) in [6.45, 7) is 2.43. The SMILES string of the molecule is COc1ccc(CN2C(=O)C(CC3CCCCC3)C3(CCC4CCCCC4)OC(=O)C23C)cc1. The summed E-state index contributed by atoms with van der Waals surface area (Å²) < 4.78 is 11.5. The predicted molar refractivity (Wildman–Crippen MR) is 131 cm³/mol. The van der Waals surface area contributed by atoms with Gasteiger partial charge in [-0.2, -0.15) is 0 Å². The van der Waals surface area contributed by atoms with E-state index in [1.807, 2.05) is 36.1 Å². The zero-order valence-electron chi connectivity index (χ0n) is 21.0. The lowest BCUT2D eigenvalue weighted by molar-refractivity contribution is -0.238. The Balaban J connectivity index is 1.42. The molecule has 3 atom stereocenters. The van der Waals surface area contributed by atoms with E-state index in [0.29, 0.717) is 18.4 Å². The van der Waals surface area contributed by atoms with Crippen molar-refractivity contribution >= 4 is 11.9 Å². The highest BCUT2D eigenvalue weighted by molar-refractivity contribution is 6.01. The van der Waals surface area contributed by atoms with Crippen LogP contribution in [0, 0.1) is 17.8 Å². The van der Waals surface area contributed by atoms with Crippen LogP contribution in [0.2, 0.25) is 0 Å². The number of esters is 1. The van der Waals surface area contributed by atoms with E-state index in [2.05, 4.69) is 0 Å². The molecular formula is C29H41NO4. The maximum Gasteiger partial charge on any atom is 0.336 e. The van der Waals surface area contributed by atoms with Crippen molar-refractivity contribution in [2.75, 3.05) is 7.11 Å². The van der Waals surface area contributed by atoms with Gasteiger partial charge in [0.25, 0.3) is 0 Å². The number of likely N-dealkylation sites (tertiary alicyclic amines) is 1. The van der Waals surface area contributed by atoms with Crippen molar-refractivity contribution in [2.24, 2.45) is 17.8 Å². The average molecular weight is 468 g/mol. The van der Waals surface area contributed by atoms with Gasteiger partial charge in [-0.05, 0) is 55.7 Å². The second-order valence-corrected chi connectivity index (χ2v) is 11.5. The number of amides is 1. The van der Waals surface area contributed by atoms with Crippen LogP contribution in [0.25, 0.3) is 0 Å². The molecule has 2 aliphatic carbocycles. The molecule has 1 amide bonds. The lowest BCUT2D eigenvalue weighted by Crippen LogP contribution is -2.74. The number of nitrogens with zero attached hydrogens (tertiary/aromatic N) is 1. The van der Waals surface area contributed by atoms with Crippen LogP contribution in [-0.2, 0) is 20.9 Å². The Kier molecular flexibility index (Phi) is 6.65. The molecule has 3 unspecified atom stereocenters. The van der Waals surface area contributed by atoms with Gasteiger partial charge in [-0.25, -0.2) is 4.79 Å². The Morgan fingerprint density at radius 2 is 1.56 bits per heavy atom. The molecule has 4 aliphatic rings. The van der Waals surface area contributed by atoms with Gasteiger partial charge >= 0.3 is 5.97 Å². The molecule has 4 fully saturated rings. The number of hydrogen-bond donors (Lipinski definition) is 0. The number of methoxy groups -OCH3 is 1. The molecule has 0 radical (unpaired) electrons. The summed E-state index contributed by atoms with van der Waals surface area (Å²) in [6.07, 6.45) is 15.5. The number of ether oxygens (including phenoxy) is 2. The van der Waals surface area contributed by atoms with Crippen molar-refractivity contribution in [3.63, 3.8) is 0 Å². The normalized spacial score (nSPS) is 32.3. The average Bonchev–Trinajstić information content (AvgIpc) is 3.01. The highest BCUT2D eigenvalue weighted by Gasteiger charge is 2.78. The van der Waals surface area contributed by atoms with Crippen LogP contribution in [-0.4, -0.2) is 35.0 Å². The predicted octanol–water partition coefficient (Wildman–Crippen LogP) is 6.04. The third-order valence-corrected chi connectivity index (χ3v) is 9.61. The van der Waals surface area contributed by atoms with Crippen molar-refractivity contribution in [1.29, 1.82) is 0 Å². The fraction of sp³-hybridized carbons (Fsp3) is 0.724. The maximum absolute atomic E-state index is 14.0. The first kappa shape index (κ1) is 23.7. The minimum absolute atomic E-state index is 0.124. The fourth-order valence-corrected chi connectivity index (χ4v) is 7.41. The van der Waals surface area contributed by atoms with Gasteiger partial charge in [-0.1, -0.05) is 76.3 Å². The Bertz CT molecular complexity index is 886. The molecule has 0 bridgehead atoms. The molecule has 0 N–H and O–H groups in total. The van der Waals surface area contributed by atoms with Crippen molar-refractivity contribution in [3.8, 4) is 5.75 Å². The number of rotatable bonds is 8. The minimum atomic E-state index is -0.863. The first-order valence-corrected chi connectivity index (χ1v) is 13.7. The van der Waals surface area contributed by atoms with Crippen LogP contribution >= 0.6 is 0 Å². The standard InChI is InChI=1S/C29H41NO4/c1-28-27(32)34-29(28,18-17-21-9-5-3-6-10-21)25(19-22-11-7-4-8-12-22)26(31)30(28)20-23-13-15-24(33-2)16-14-23/h13-16,21-22,25H,3-12,17-20H2,1-2H3. The quantitative estimate of drug-likeness (QED) is 0.438. The van der Waals surface area contributed by atoms with E-state index >= 15 is 0 Å². The van der Waals surface area contributed by atoms with Crippen molar-refractivity contribution in [2.45, 2.75) is 108 Å². The van der Waals surface area contributed by atoms with Crippen LogP contribution in [0.4, 0.5) is 0 Å². The molecule has 5 heteroatoms. The van der Waals surface area contributed by atoms with E-state index < -0.39 is 11.1 Å². The summed E-state index contributed by atoms with van der Waals surface area (Å²) in [5.41, 5.74) is -0.504. The van der Waals surface area contributed by atoms with Gasteiger partial charge < -0.3 is 14.4 Å².